The van der Waals surface area contributed by atoms with E-state index in [1.165, 1.54) is 31.4 Å². The third-order valence-corrected chi connectivity index (χ3v) is 5.74. The number of hydrogen-bond donors (Lipinski definition) is 0. The van der Waals surface area contributed by atoms with Crippen LogP contribution in [0.1, 0.15) is 54.7 Å². The minimum Gasteiger partial charge on any atom is -0.490 e. The van der Waals surface area contributed by atoms with Gasteiger partial charge in [-0.2, -0.15) is 4.98 Å². The Bertz CT molecular complexity index is 1040. The Kier molecular flexibility index (Phi) is 5.89. The highest BCUT2D eigenvalue weighted by atomic mass is 16.5. The van der Waals surface area contributed by atoms with Crippen LogP contribution in [0.25, 0.3) is 0 Å². The van der Waals surface area contributed by atoms with Gasteiger partial charge in [0.25, 0.3) is 0 Å². The molecular formula is C25H26N2O4. The molecule has 0 bridgehead atoms. The molecule has 0 N–H and O–H groups in total. The van der Waals surface area contributed by atoms with Crippen LogP contribution in [0.3, 0.4) is 0 Å². The normalized spacial score (nSPS) is 13.9. The molecule has 1 aliphatic rings. The predicted octanol–water partition coefficient (Wildman–Crippen LogP) is 5.31. The van der Waals surface area contributed by atoms with Gasteiger partial charge in [0.05, 0.1) is 13.2 Å². The van der Waals surface area contributed by atoms with Crippen LogP contribution in [0.15, 0.2) is 60.8 Å². The zero-order valence-corrected chi connectivity index (χ0v) is 18.0. The second-order valence-corrected chi connectivity index (χ2v) is 8.16. The highest BCUT2D eigenvalue weighted by Gasteiger charge is 2.24. The maximum atomic E-state index is 11.6. The van der Waals surface area contributed by atoms with Crippen LogP contribution in [0.4, 0.5) is 0 Å². The summed E-state index contributed by atoms with van der Waals surface area (Å²) in [6.45, 7) is 4.38. The van der Waals surface area contributed by atoms with E-state index < -0.39 is 5.97 Å². The van der Waals surface area contributed by atoms with Gasteiger partial charge < -0.3 is 14.2 Å². The average molecular weight is 418 g/mol. The molecule has 1 saturated carbocycles. The number of esters is 1. The summed E-state index contributed by atoms with van der Waals surface area (Å²) in [5.41, 5.74) is 2.32. The Morgan fingerprint density at radius 3 is 2.10 bits per heavy atom. The molecule has 0 unspecified atom stereocenters. The third-order valence-electron chi connectivity index (χ3n) is 5.74. The first kappa shape index (κ1) is 20.8. The van der Waals surface area contributed by atoms with E-state index in [1.807, 2.05) is 24.3 Å². The smallest absolute Gasteiger partial charge is 0.356 e. The van der Waals surface area contributed by atoms with E-state index in [-0.39, 0.29) is 17.1 Å². The summed E-state index contributed by atoms with van der Waals surface area (Å²) in [6.07, 6.45) is 5.41. The molecule has 1 fully saturated rings. The van der Waals surface area contributed by atoms with Crippen LogP contribution in [0.2, 0.25) is 0 Å². The van der Waals surface area contributed by atoms with Crippen molar-refractivity contribution in [1.82, 2.24) is 9.97 Å². The zero-order valence-electron chi connectivity index (χ0n) is 18.0. The van der Waals surface area contributed by atoms with Crippen LogP contribution < -0.4 is 9.47 Å². The second kappa shape index (κ2) is 8.76. The summed E-state index contributed by atoms with van der Waals surface area (Å²) in [5, 5.41) is 0. The monoisotopic (exact) mass is 418 g/mol. The van der Waals surface area contributed by atoms with Gasteiger partial charge >= 0.3 is 12.0 Å². The maximum Gasteiger partial charge on any atom is 0.356 e. The van der Waals surface area contributed by atoms with Crippen LogP contribution in [0, 0.1) is 0 Å². The van der Waals surface area contributed by atoms with Gasteiger partial charge in [-0.05, 0) is 60.7 Å². The quantitative estimate of drug-likeness (QED) is 0.484. The van der Waals surface area contributed by atoms with Crippen LogP contribution in [-0.4, -0.2) is 29.2 Å². The number of methoxy groups -OCH3 is 1. The van der Waals surface area contributed by atoms with Gasteiger partial charge in [0.2, 0.25) is 0 Å². The summed E-state index contributed by atoms with van der Waals surface area (Å²) in [4.78, 5) is 19.8. The van der Waals surface area contributed by atoms with Gasteiger partial charge in [-0.25, -0.2) is 9.78 Å². The van der Waals surface area contributed by atoms with E-state index in [0.29, 0.717) is 11.9 Å². The van der Waals surface area contributed by atoms with Crippen molar-refractivity contribution in [2.45, 2.75) is 44.6 Å². The summed E-state index contributed by atoms with van der Waals surface area (Å²) in [7, 11) is 1.31. The van der Waals surface area contributed by atoms with E-state index in [4.69, 9.17) is 9.47 Å². The number of benzene rings is 2. The maximum absolute atomic E-state index is 11.6. The number of hydrogen-bond acceptors (Lipinski definition) is 6. The second-order valence-electron chi connectivity index (χ2n) is 8.16. The SMILES string of the molecule is COC(=O)c1ccnc(Oc2ccc(C(C)(C)c3ccc(OC4CCC4)cc3)cc2)n1. The van der Waals surface area contributed by atoms with Crippen molar-refractivity contribution < 1.29 is 19.0 Å². The molecule has 0 aliphatic heterocycles. The Morgan fingerprint density at radius 2 is 1.55 bits per heavy atom. The fraction of sp³-hybridized carbons (Fsp3) is 0.320. The van der Waals surface area contributed by atoms with E-state index in [2.05, 4.69) is 52.8 Å². The van der Waals surface area contributed by atoms with Crippen molar-refractivity contribution >= 4 is 5.97 Å². The van der Waals surface area contributed by atoms with E-state index >= 15 is 0 Å². The van der Waals surface area contributed by atoms with Crippen molar-refractivity contribution in [3.63, 3.8) is 0 Å². The Balaban J connectivity index is 1.46. The molecule has 1 aliphatic carbocycles. The summed E-state index contributed by atoms with van der Waals surface area (Å²) < 4.78 is 16.4. The van der Waals surface area contributed by atoms with Gasteiger partial charge in [0.1, 0.15) is 11.5 Å². The molecule has 3 aromatic rings. The largest absolute Gasteiger partial charge is 0.490 e. The first-order chi connectivity index (χ1) is 15.0. The van der Waals surface area contributed by atoms with Gasteiger partial charge in [-0.3, -0.25) is 0 Å². The number of ether oxygens (including phenoxy) is 3. The van der Waals surface area contributed by atoms with Crippen LogP contribution in [0.5, 0.6) is 17.5 Å². The third kappa shape index (κ3) is 4.68. The Morgan fingerprint density at radius 1 is 0.935 bits per heavy atom. The van der Waals surface area contributed by atoms with E-state index in [0.717, 1.165) is 24.2 Å². The van der Waals surface area contributed by atoms with Crippen LogP contribution in [-0.2, 0) is 10.2 Å². The lowest BCUT2D eigenvalue weighted by Gasteiger charge is -2.28. The van der Waals surface area contributed by atoms with Crippen molar-refractivity contribution in [3.8, 4) is 17.5 Å². The number of carbonyl (C=O) groups excluding carboxylic acids is 1. The topological polar surface area (TPSA) is 70.5 Å². The highest BCUT2D eigenvalue weighted by molar-refractivity contribution is 5.87. The minimum absolute atomic E-state index is 0.0944. The molecule has 0 saturated heterocycles. The lowest BCUT2D eigenvalue weighted by Crippen LogP contribution is -2.24. The lowest BCUT2D eigenvalue weighted by molar-refractivity contribution is 0.0592. The molecule has 1 heterocycles. The zero-order chi connectivity index (χ0) is 21.8. The molecule has 160 valence electrons. The Labute approximate surface area is 182 Å². The first-order valence-corrected chi connectivity index (χ1v) is 10.4. The fourth-order valence-corrected chi connectivity index (χ4v) is 3.45. The standard InChI is InChI=1S/C25H26N2O4/c1-25(2,17-7-11-20(12-8-17)30-19-5-4-6-19)18-9-13-21(14-10-18)31-24-26-16-15-22(27-24)23(28)29-3/h7-16,19H,4-6H2,1-3H3. The van der Waals surface area contributed by atoms with Crippen molar-refractivity contribution in [1.29, 1.82) is 0 Å². The van der Waals surface area contributed by atoms with E-state index in [1.54, 1.807) is 0 Å². The fourth-order valence-electron chi connectivity index (χ4n) is 3.45. The highest BCUT2D eigenvalue weighted by Crippen LogP contribution is 2.34. The van der Waals surface area contributed by atoms with Crippen molar-refractivity contribution in [2.24, 2.45) is 0 Å². The molecule has 6 nitrogen and oxygen atoms in total. The lowest BCUT2D eigenvalue weighted by atomic mass is 9.78. The van der Waals surface area contributed by atoms with Gasteiger partial charge in [0.15, 0.2) is 5.69 Å². The van der Waals surface area contributed by atoms with Crippen molar-refractivity contribution in [2.75, 3.05) is 7.11 Å². The van der Waals surface area contributed by atoms with Gasteiger partial charge in [-0.15, -0.1) is 0 Å². The number of aromatic nitrogens is 2. The molecular weight excluding hydrogens is 392 g/mol. The molecule has 2 aromatic carbocycles. The minimum atomic E-state index is -0.534. The van der Waals surface area contributed by atoms with E-state index in [9.17, 15) is 4.79 Å². The number of nitrogens with zero attached hydrogens (tertiary/aromatic N) is 2. The molecule has 0 spiro atoms. The molecule has 0 atom stereocenters. The molecule has 6 heteroatoms. The van der Waals surface area contributed by atoms with Crippen LogP contribution >= 0.6 is 0 Å². The molecule has 0 radical (unpaired) electrons. The van der Waals surface area contributed by atoms with Gasteiger partial charge in [0, 0.05) is 11.6 Å². The molecule has 1 aromatic heterocycles. The summed E-state index contributed by atoms with van der Waals surface area (Å²) in [5.74, 6) is 0.987. The summed E-state index contributed by atoms with van der Waals surface area (Å²) in [6, 6.07) is 17.7. The summed E-state index contributed by atoms with van der Waals surface area (Å²) >= 11 is 0. The molecule has 4 rings (SSSR count). The van der Waals surface area contributed by atoms with Gasteiger partial charge in [-0.1, -0.05) is 38.1 Å². The number of rotatable bonds is 7. The molecule has 0 amide bonds. The van der Waals surface area contributed by atoms with Crippen molar-refractivity contribution in [3.05, 3.63) is 77.6 Å². The first-order valence-electron chi connectivity index (χ1n) is 10.4. The predicted molar refractivity (Wildman–Crippen MR) is 117 cm³/mol. The molecule has 31 heavy (non-hydrogen) atoms. The average Bonchev–Trinajstić information content (AvgIpc) is 2.76. The Hall–Kier alpha value is -3.41. The number of carbonyl (C=O) groups is 1.